The van der Waals surface area contributed by atoms with Gasteiger partial charge in [-0.25, -0.2) is 4.98 Å². The first-order valence-electron chi connectivity index (χ1n) is 8.17. The number of nitrogens with zero attached hydrogens (tertiary/aromatic N) is 3. The van der Waals surface area contributed by atoms with Crippen LogP contribution in [-0.2, 0) is 4.79 Å². The van der Waals surface area contributed by atoms with Crippen LogP contribution in [0.15, 0.2) is 5.38 Å². The van der Waals surface area contributed by atoms with Crippen LogP contribution in [0.4, 0.5) is 5.13 Å². The number of carbonyl (C=O) groups excluding carboxylic acids is 1. The number of hydrogen-bond donors (Lipinski definition) is 1. The maximum atomic E-state index is 12.7. The number of thiazole rings is 1. The molecule has 5 nitrogen and oxygen atoms in total. The van der Waals surface area contributed by atoms with Gasteiger partial charge in [-0.3, -0.25) is 4.79 Å². The molecule has 8 heteroatoms. The summed E-state index contributed by atoms with van der Waals surface area (Å²) < 4.78 is 0. The summed E-state index contributed by atoms with van der Waals surface area (Å²) >= 11 is 1.70. The molecule has 1 atom stereocenters. The first-order valence-corrected chi connectivity index (χ1v) is 9.05. The van der Waals surface area contributed by atoms with E-state index < -0.39 is 0 Å². The quantitative estimate of drug-likeness (QED) is 0.855. The lowest BCUT2D eigenvalue weighted by Crippen LogP contribution is -2.43. The summed E-state index contributed by atoms with van der Waals surface area (Å²) in [7, 11) is 0. The molecular weight excluding hydrogens is 367 g/mol. The topological polar surface area (TPSA) is 62.5 Å². The zero-order valence-corrected chi connectivity index (χ0v) is 16.8. The molecule has 2 saturated heterocycles. The van der Waals surface area contributed by atoms with Crippen molar-refractivity contribution in [1.82, 2.24) is 9.88 Å². The second-order valence-corrected chi connectivity index (χ2v) is 7.89. The average molecular weight is 395 g/mol. The Labute approximate surface area is 160 Å². The Morgan fingerprint density at radius 1 is 1.38 bits per heavy atom. The Hall–Kier alpha value is -0.560. The number of aryl methyl sites for hydroxylation is 1. The van der Waals surface area contributed by atoms with Gasteiger partial charge in [0.05, 0.1) is 5.69 Å². The van der Waals surface area contributed by atoms with Crippen molar-refractivity contribution in [3.63, 3.8) is 0 Å². The fraction of sp³-hybridized carbons (Fsp3) is 0.750. The molecule has 1 amide bonds. The summed E-state index contributed by atoms with van der Waals surface area (Å²) in [5.74, 6) is 0.518. The van der Waals surface area contributed by atoms with Gasteiger partial charge in [0.2, 0.25) is 5.91 Å². The average Bonchev–Trinajstić information content (AvgIpc) is 3.14. The maximum absolute atomic E-state index is 12.7. The van der Waals surface area contributed by atoms with Gasteiger partial charge in [-0.15, -0.1) is 36.2 Å². The predicted octanol–water partition coefficient (Wildman–Crippen LogP) is 2.71. The lowest BCUT2D eigenvalue weighted by molar-refractivity contribution is -0.135. The van der Waals surface area contributed by atoms with Crippen LogP contribution in [0, 0.1) is 18.3 Å². The Morgan fingerprint density at radius 2 is 2.04 bits per heavy atom. The standard InChI is InChI=1S/C16H26N4OS.2ClH/c1-12-9-22-15(18-12)19-6-3-13(4-7-19)14(21)20-8-5-16(2,10-17)11-20;;/h9,13H,3-8,10-11,17H2,1-2H3;2*1H. The molecule has 0 saturated carbocycles. The van der Waals surface area contributed by atoms with Gasteiger partial charge in [-0.1, -0.05) is 6.92 Å². The van der Waals surface area contributed by atoms with E-state index in [2.05, 4.69) is 22.2 Å². The predicted molar refractivity (Wildman–Crippen MR) is 105 cm³/mol. The molecule has 2 fully saturated rings. The van der Waals surface area contributed by atoms with E-state index in [-0.39, 0.29) is 36.1 Å². The summed E-state index contributed by atoms with van der Waals surface area (Å²) in [5.41, 5.74) is 7.04. The number of rotatable bonds is 3. The number of piperidine rings is 1. The van der Waals surface area contributed by atoms with Crippen LogP contribution in [0.1, 0.15) is 31.9 Å². The van der Waals surface area contributed by atoms with Crippen molar-refractivity contribution in [3.05, 3.63) is 11.1 Å². The highest BCUT2D eigenvalue weighted by atomic mass is 35.5. The van der Waals surface area contributed by atoms with E-state index in [1.165, 1.54) is 0 Å². The van der Waals surface area contributed by atoms with Gasteiger partial charge in [0, 0.05) is 37.5 Å². The Bertz CT molecular complexity index is 548. The van der Waals surface area contributed by atoms with E-state index in [1.807, 2.05) is 11.8 Å². The number of amides is 1. The minimum Gasteiger partial charge on any atom is -0.348 e. The van der Waals surface area contributed by atoms with Crippen LogP contribution in [0.3, 0.4) is 0 Å². The highest BCUT2D eigenvalue weighted by molar-refractivity contribution is 7.13. The third kappa shape index (κ3) is 4.54. The lowest BCUT2D eigenvalue weighted by Gasteiger charge is -2.33. The minimum absolute atomic E-state index is 0. The third-order valence-electron chi connectivity index (χ3n) is 5.08. The third-order valence-corrected chi connectivity index (χ3v) is 6.10. The van der Waals surface area contributed by atoms with E-state index in [1.54, 1.807) is 11.3 Å². The number of carbonyl (C=O) groups is 1. The summed E-state index contributed by atoms with van der Waals surface area (Å²) in [4.78, 5) is 21.6. The summed E-state index contributed by atoms with van der Waals surface area (Å²) in [6, 6.07) is 0. The largest absolute Gasteiger partial charge is 0.348 e. The molecule has 1 aromatic rings. The number of anilines is 1. The first kappa shape index (κ1) is 21.5. The Morgan fingerprint density at radius 3 is 2.54 bits per heavy atom. The SMILES string of the molecule is Cc1csc(N2CCC(C(=O)N3CCC(C)(CN)C3)CC2)n1.Cl.Cl. The molecule has 2 aliphatic rings. The molecule has 0 spiro atoms. The molecule has 24 heavy (non-hydrogen) atoms. The smallest absolute Gasteiger partial charge is 0.225 e. The van der Waals surface area contributed by atoms with Crippen LogP contribution in [0.25, 0.3) is 0 Å². The van der Waals surface area contributed by atoms with Crippen molar-refractivity contribution in [2.75, 3.05) is 37.6 Å². The van der Waals surface area contributed by atoms with Gasteiger partial charge in [0.1, 0.15) is 0 Å². The van der Waals surface area contributed by atoms with Gasteiger partial charge in [0.25, 0.3) is 0 Å². The van der Waals surface area contributed by atoms with Crippen LogP contribution < -0.4 is 10.6 Å². The number of likely N-dealkylation sites (tertiary alicyclic amines) is 1. The molecular formula is C16H28Cl2N4OS. The Balaban J connectivity index is 0.00000144. The highest BCUT2D eigenvalue weighted by Gasteiger charge is 2.38. The molecule has 2 N–H and O–H groups in total. The van der Waals surface area contributed by atoms with Crippen LogP contribution in [-0.4, -0.2) is 48.5 Å². The van der Waals surface area contributed by atoms with Crippen molar-refractivity contribution < 1.29 is 4.79 Å². The molecule has 1 aromatic heterocycles. The van der Waals surface area contributed by atoms with Crippen molar-refractivity contribution in [2.45, 2.75) is 33.1 Å². The number of hydrogen-bond acceptors (Lipinski definition) is 5. The summed E-state index contributed by atoms with van der Waals surface area (Å²) in [5, 5.41) is 3.19. The minimum atomic E-state index is 0. The van der Waals surface area contributed by atoms with Gasteiger partial charge < -0.3 is 15.5 Å². The van der Waals surface area contributed by atoms with Gasteiger partial charge >= 0.3 is 0 Å². The second-order valence-electron chi connectivity index (χ2n) is 7.06. The van der Waals surface area contributed by atoms with Crippen molar-refractivity contribution >= 4 is 47.2 Å². The number of nitrogens with two attached hydrogens (primary N) is 1. The number of aromatic nitrogens is 1. The number of halogens is 2. The molecule has 2 aliphatic heterocycles. The van der Waals surface area contributed by atoms with E-state index >= 15 is 0 Å². The second kappa shape index (κ2) is 8.70. The molecule has 0 bridgehead atoms. The van der Waals surface area contributed by atoms with E-state index in [9.17, 15) is 4.79 Å². The molecule has 1 unspecified atom stereocenters. The maximum Gasteiger partial charge on any atom is 0.225 e. The molecule has 138 valence electrons. The molecule has 0 radical (unpaired) electrons. The van der Waals surface area contributed by atoms with Gasteiger partial charge in [-0.05, 0) is 38.1 Å². The molecule has 3 heterocycles. The zero-order valence-electron chi connectivity index (χ0n) is 14.4. The molecule has 0 aromatic carbocycles. The lowest BCUT2D eigenvalue weighted by atomic mass is 9.90. The summed E-state index contributed by atoms with van der Waals surface area (Å²) in [6.07, 6.45) is 2.91. The Kier molecular flexibility index (Phi) is 7.78. The monoisotopic (exact) mass is 394 g/mol. The van der Waals surface area contributed by atoms with Crippen LogP contribution in [0.5, 0.6) is 0 Å². The van der Waals surface area contributed by atoms with E-state index in [0.717, 1.165) is 56.3 Å². The van der Waals surface area contributed by atoms with Crippen molar-refractivity contribution in [2.24, 2.45) is 17.1 Å². The van der Waals surface area contributed by atoms with Crippen molar-refractivity contribution in [3.8, 4) is 0 Å². The summed E-state index contributed by atoms with van der Waals surface area (Å²) in [6.45, 7) is 8.45. The van der Waals surface area contributed by atoms with Gasteiger partial charge in [-0.2, -0.15) is 0 Å². The van der Waals surface area contributed by atoms with Gasteiger partial charge in [0.15, 0.2) is 5.13 Å². The zero-order chi connectivity index (χ0) is 15.7. The fourth-order valence-corrected chi connectivity index (χ4v) is 4.30. The van der Waals surface area contributed by atoms with Crippen LogP contribution in [0.2, 0.25) is 0 Å². The molecule has 0 aliphatic carbocycles. The fourth-order valence-electron chi connectivity index (χ4n) is 3.44. The van der Waals surface area contributed by atoms with Crippen molar-refractivity contribution in [1.29, 1.82) is 0 Å². The highest BCUT2D eigenvalue weighted by Crippen LogP contribution is 2.32. The first-order chi connectivity index (χ1) is 10.5. The van der Waals surface area contributed by atoms with E-state index in [0.29, 0.717) is 12.5 Å². The molecule has 3 rings (SSSR count). The van der Waals surface area contributed by atoms with E-state index in [4.69, 9.17) is 5.73 Å². The normalized spacial score (nSPS) is 24.5. The van der Waals surface area contributed by atoms with Crippen LogP contribution >= 0.6 is 36.2 Å².